The van der Waals surface area contributed by atoms with Gasteiger partial charge in [0.05, 0.1) is 10.6 Å². The van der Waals surface area contributed by atoms with Crippen LogP contribution in [0.3, 0.4) is 0 Å². The fraction of sp³-hybridized carbons (Fsp3) is 0.500. The highest BCUT2D eigenvalue weighted by Gasteiger charge is 2.23. The van der Waals surface area contributed by atoms with Crippen molar-refractivity contribution in [3.63, 3.8) is 0 Å². The van der Waals surface area contributed by atoms with E-state index >= 15 is 0 Å². The Labute approximate surface area is 113 Å². The van der Waals surface area contributed by atoms with Crippen LogP contribution in [0.15, 0.2) is 24.3 Å². The van der Waals surface area contributed by atoms with Crippen molar-refractivity contribution >= 4 is 17.5 Å². The highest BCUT2D eigenvalue weighted by Crippen LogP contribution is 2.20. The van der Waals surface area contributed by atoms with Crippen molar-refractivity contribution < 1.29 is 4.79 Å². The highest BCUT2D eigenvalue weighted by atomic mass is 35.5. The number of benzene rings is 1. The Balaban J connectivity index is 2.10. The summed E-state index contributed by atoms with van der Waals surface area (Å²) in [6.45, 7) is 2.02. The Morgan fingerprint density at radius 3 is 2.89 bits per heavy atom. The molecule has 1 saturated heterocycles. The zero-order valence-corrected chi connectivity index (χ0v) is 11.4. The molecular formula is C14H19ClN2O. The molecule has 0 spiro atoms. The number of carbonyl (C=O) groups excluding carboxylic acids is 1. The molecule has 1 aliphatic rings. The number of nitrogens with one attached hydrogen (secondary N) is 1. The van der Waals surface area contributed by atoms with Crippen LogP contribution in [0.4, 0.5) is 0 Å². The molecule has 0 aromatic heterocycles. The molecule has 4 heteroatoms. The van der Waals surface area contributed by atoms with E-state index in [1.54, 1.807) is 12.1 Å². The maximum Gasteiger partial charge on any atom is 0.255 e. The Kier molecular flexibility index (Phi) is 4.61. The van der Waals surface area contributed by atoms with Gasteiger partial charge in [0.1, 0.15) is 0 Å². The van der Waals surface area contributed by atoms with Gasteiger partial charge in [0.15, 0.2) is 0 Å². The first kappa shape index (κ1) is 13.4. The lowest BCUT2D eigenvalue weighted by atomic mass is 10.1. The summed E-state index contributed by atoms with van der Waals surface area (Å²) in [5.41, 5.74) is 0.596. The van der Waals surface area contributed by atoms with Crippen molar-refractivity contribution in [2.75, 3.05) is 20.1 Å². The SMILES string of the molecule is CN(C(=O)c1ccccc1Cl)C1CCCNCC1. The van der Waals surface area contributed by atoms with Gasteiger partial charge in [0.2, 0.25) is 0 Å². The van der Waals surface area contributed by atoms with E-state index < -0.39 is 0 Å². The smallest absolute Gasteiger partial charge is 0.255 e. The van der Waals surface area contributed by atoms with Gasteiger partial charge in [0.25, 0.3) is 5.91 Å². The zero-order chi connectivity index (χ0) is 13.0. The van der Waals surface area contributed by atoms with Crippen molar-refractivity contribution in [1.29, 1.82) is 0 Å². The molecule has 18 heavy (non-hydrogen) atoms. The summed E-state index contributed by atoms with van der Waals surface area (Å²) in [4.78, 5) is 14.2. The molecule has 0 saturated carbocycles. The molecule has 1 aromatic rings. The number of rotatable bonds is 2. The molecule has 0 bridgehead atoms. The Hall–Kier alpha value is -1.06. The number of halogens is 1. The summed E-state index contributed by atoms with van der Waals surface area (Å²) >= 11 is 6.07. The lowest BCUT2D eigenvalue weighted by Crippen LogP contribution is -2.37. The number of hydrogen-bond acceptors (Lipinski definition) is 2. The second kappa shape index (κ2) is 6.21. The summed E-state index contributed by atoms with van der Waals surface area (Å²) < 4.78 is 0. The Morgan fingerprint density at radius 2 is 2.11 bits per heavy atom. The van der Waals surface area contributed by atoms with E-state index in [2.05, 4.69) is 5.32 Å². The average Bonchev–Trinajstić information content (AvgIpc) is 2.66. The highest BCUT2D eigenvalue weighted by molar-refractivity contribution is 6.33. The molecule has 1 N–H and O–H groups in total. The largest absolute Gasteiger partial charge is 0.339 e. The minimum Gasteiger partial charge on any atom is -0.339 e. The van der Waals surface area contributed by atoms with Crippen LogP contribution in [0.1, 0.15) is 29.6 Å². The van der Waals surface area contributed by atoms with Crippen LogP contribution in [0.25, 0.3) is 0 Å². The first-order chi connectivity index (χ1) is 8.70. The quantitative estimate of drug-likeness (QED) is 0.892. The third-order valence-electron chi connectivity index (χ3n) is 3.52. The van der Waals surface area contributed by atoms with Crippen LogP contribution in [0, 0.1) is 0 Å². The molecule has 2 rings (SSSR count). The fourth-order valence-electron chi connectivity index (χ4n) is 2.38. The summed E-state index contributed by atoms with van der Waals surface area (Å²) in [5.74, 6) is 0.0208. The molecule has 1 fully saturated rings. The Morgan fingerprint density at radius 1 is 1.33 bits per heavy atom. The molecule has 1 atom stereocenters. The number of nitrogens with zero attached hydrogens (tertiary/aromatic N) is 1. The van der Waals surface area contributed by atoms with Crippen LogP contribution in [0.5, 0.6) is 0 Å². The molecule has 1 aliphatic heterocycles. The van der Waals surface area contributed by atoms with Crippen molar-refractivity contribution in [3.05, 3.63) is 34.9 Å². The van der Waals surface area contributed by atoms with E-state index in [4.69, 9.17) is 11.6 Å². The molecule has 1 aromatic carbocycles. The van der Waals surface area contributed by atoms with E-state index in [1.807, 2.05) is 24.1 Å². The van der Waals surface area contributed by atoms with Crippen molar-refractivity contribution in [3.8, 4) is 0 Å². The van der Waals surface area contributed by atoms with Gasteiger partial charge in [-0.25, -0.2) is 0 Å². The standard InChI is InChI=1S/C14H19ClN2O/c1-17(11-5-4-9-16-10-8-11)14(18)12-6-2-3-7-13(12)15/h2-3,6-7,11,16H,4-5,8-10H2,1H3. The van der Waals surface area contributed by atoms with E-state index in [-0.39, 0.29) is 5.91 Å². The lowest BCUT2D eigenvalue weighted by molar-refractivity contribution is 0.0720. The summed E-state index contributed by atoms with van der Waals surface area (Å²) in [6, 6.07) is 7.55. The van der Waals surface area contributed by atoms with Crippen LogP contribution in [-0.2, 0) is 0 Å². The predicted molar refractivity (Wildman–Crippen MR) is 74.1 cm³/mol. The van der Waals surface area contributed by atoms with Crippen LogP contribution >= 0.6 is 11.6 Å². The second-order valence-electron chi connectivity index (χ2n) is 4.73. The molecule has 3 nitrogen and oxygen atoms in total. The molecular weight excluding hydrogens is 248 g/mol. The third kappa shape index (κ3) is 3.03. The molecule has 0 radical (unpaired) electrons. The van der Waals surface area contributed by atoms with Gasteiger partial charge in [0, 0.05) is 13.1 Å². The van der Waals surface area contributed by atoms with E-state index in [1.165, 1.54) is 0 Å². The minimum absolute atomic E-state index is 0.0208. The second-order valence-corrected chi connectivity index (χ2v) is 5.14. The third-order valence-corrected chi connectivity index (χ3v) is 3.85. The van der Waals surface area contributed by atoms with Gasteiger partial charge in [-0.2, -0.15) is 0 Å². The normalized spacial score (nSPS) is 20.2. The molecule has 0 aliphatic carbocycles. The summed E-state index contributed by atoms with van der Waals surface area (Å²) in [6.07, 6.45) is 3.18. The van der Waals surface area contributed by atoms with E-state index in [0.717, 1.165) is 32.4 Å². The number of amides is 1. The zero-order valence-electron chi connectivity index (χ0n) is 10.7. The Bertz CT molecular complexity index is 414. The minimum atomic E-state index is 0.0208. The lowest BCUT2D eigenvalue weighted by Gasteiger charge is -2.27. The number of hydrogen-bond donors (Lipinski definition) is 1. The summed E-state index contributed by atoms with van der Waals surface area (Å²) in [7, 11) is 1.88. The fourth-order valence-corrected chi connectivity index (χ4v) is 2.60. The van der Waals surface area contributed by atoms with Crippen molar-refractivity contribution in [1.82, 2.24) is 10.2 Å². The molecule has 1 heterocycles. The van der Waals surface area contributed by atoms with Crippen molar-refractivity contribution in [2.24, 2.45) is 0 Å². The molecule has 98 valence electrons. The van der Waals surface area contributed by atoms with Gasteiger partial charge < -0.3 is 10.2 Å². The maximum atomic E-state index is 12.4. The van der Waals surface area contributed by atoms with Gasteiger partial charge in [-0.15, -0.1) is 0 Å². The maximum absolute atomic E-state index is 12.4. The van der Waals surface area contributed by atoms with Crippen molar-refractivity contribution in [2.45, 2.75) is 25.3 Å². The van der Waals surface area contributed by atoms with Gasteiger partial charge >= 0.3 is 0 Å². The topological polar surface area (TPSA) is 32.3 Å². The van der Waals surface area contributed by atoms with Gasteiger partial charge in [-0.3, -0.25) is 4.79 Å². The predicted octanol–water partition coefficient (Wildman–Crippen LogP) is 2.55. The monoisotopic (exact) mass is 266 g/mol. The first-order valence-corrected chi connectivity index (χ1v) is 6.80. The van der Waals surface area contributed by atoms with E-state index in [9.17, 15) is 4.79 Å². The van der Waals surface area contributed by atoms with Gasteiger partial charge in [-0.1, -0.05) is 23.7 Å². The van der Waals surface area contributed by atoms with Crippen LogP contribution in [0.2, 0.25) is 5.02 Å². The van der Waals surface area contributed by atoms with E-state index in [0.29, 0.717) is 16.6 Å². The molecule has 1 amide bonds. The molecule has 1 unspecified atom stereocenters. The first-order valence-electron chi connectivity index (χ1n) is 6.42. The van der Waals surface area contributed by atoms with Crippen LogP contribution in [-0.4, -0.2) is 37.0 Å². The number of carbonyl (C=O) groups is 1. The van der Waals surface area contributed by atoms with Crippen LogP contribution < -0.4 is 5.32 Å². The van der Waals surface area contributed by atoms with Gasteiger partial charge in [-0.05, 0) is 44.5 Å². The average molecular weight is 267 g/mol. The summed E-state index contributed by atoms with van der Waals surface area (Å²) in [5, 5.41) is 3.89.